The van der Waals surface area contributed by atoms with Crippen molar-refractivity contribution in [3.05, 3.63) is 11.6 Å². The van der Waals surface area contributed by atoms with E-state index in [9.17, 15) is 35.4 Å². The molecule has 0 aromatic rings. The second kappa shape index (κ2) is 8.09. The molecular weight excluding hydrogens is 436 g/mol. The summed E-state index contributed by atoms with van der Waals surface area (Å²) in [5.74, 6) is -0.468. The molecule has 10 atom stereocenters. The first-order valence-electron chi connectivity index (χ1n) is 12.9. The van der Waals surface area contributed by atoms with Gasteiger partial charge in [-0.15, -0.1) is 0 Å². The number of aliphatic hydroxyl groups excluding tert-OH is 3. The third kappa shape index (κ3) is 3.91. The van der Waals surface area contributed by atoms with Gasteiger partial charge >= 0.3 is 0 Å². The van der Waals surface area contributed by atoms with E-state index in [4.69, 9.17) is 0 Å². The molecule has 6 N–H and O–H groups in total. The van der Waals surface area contributed by atoms with E-state index in [1.54, 1.807) is 13.0 Å². The molecule has 3 fully saturated rings. The summed E-state index contributed by atoms with van der Waals surface area (Å²) in [6.07, 6.45) is 2.51. The number of ketones is 1. The third-order valence-electron chi connectivity index (χ3n) is 10.4. The molecule has 194 valence electrons. The van der Waals surface area contributed by atoms with Crippen LogP contribution in [0.15, 0.2) is 11.6 Å². The van der Waals surface area contributed by atoms with E-state index < -0.39 is 45.9 Å². The van der Waals surface area contributed by atoms with Crippen LogP contribution in [0.25, 0.3) is 0 Å². The van der Waals surface area contributed by atoms with Crippen molar-refractivity contribution in [1.29, 1.82) is 0 Å². The van der Waals surface area contributed by atoms with Crippen molar-refractivity contribution in [2.75, 3.05) is 0 Å². The van der Waals surface area contributed by atoms with Crippen LogP contribution in [0.4, 0.5) is 0 Å². The first-order valence-corrected chi connectivity index (χ1v) is 12.9. The van der Waals surface area contributed by atoms with E-state index in [1.165, 1.54) is 13.8 Å². The zero-order valence-electron chi connectivity index (χ0n) is 21.3. The first kappa shape index (κ1) is 26.2. The number of hydrogen-bond donors (Lipinski definition) is 6. The summed E-state index contributed by atoms with van der Waals surface area (Å²) in [4.78, 5) is 13.2. The second-order valence-electron chi connectivity index (χ2n) is 13.3. The van der Waals surface area contributed by atoms with Gasteiger partial charge < -0.3 is 30.6 Å². The molecule has 0 saturated heterocycles. The SMILES string of the molecule is CC(C)(O)[C@H](O)C[C@](C)(O)C[C@@H]1CC[C@@]2(O)C3=CC(=O)[C@@H]4C[C@@H](O)[C@@H](O)C[C@]4(C)[C@@H]3CC[C@]12C. The van der Waals surface area contributed by atoms with Crippen LogP contribution in [0.2, 0.25) is 0 Å². The van der Waals surface area contributed by atoms with E-state index in [-0.39, 0.29) is 36.4 Å². The van der Waals surface area contributed by atoms with Gasteiger partial charge in [0.25, 0.3) is 0 Å². The summed E-state index contributed by atoms with van der Waals surface area (Å²) >= 11 is 0. The molecule has 0 bridgehead atoms. The van der Waals surface area contributed by atoms with Crippen molar-refractivity contribution in [3.63, 3.8) is 0 Å². The van der Waals surface area contributed by atoms with Crippen LogP contribution < -0.4 is 0 Å². The minimum absolute atomic E-state index is 0.0113. The highest BCUT2D eigenvalue weighted by Gasteiger charge is 2.66. The van der Waals surface area contributed by atoms with Crippen LogP contribution in [0, 0.1) is 28.6 Å². The number of rotatable bonds is 5. The van der Waals surface area contributed by atoms with Crippen molar-refractivity contribution < 1.29 is 35.4 Å². The van der Waals surface area contributed by atoms with Crippen LogP contribution in [-0.2, 0) is 4.79 Å². The van der Waals surface area contributed by atoms with E-state index in [1.807, 2.05) is 6.92 Å². The van der Waals surface area contributed by atoms with Gasteiger partial charge in [0, 0.05) is 17.8 Å². The van der Waals surface area contributed by atoms with Gasteiger partial charge in [-0.25, -0.2) is 0 Å². The first-order chi connectivity index (χ1) is 15.4. The van der Waals surface area contributed by atoms with Crippen LogP contribution >= 0.6 is 0 Å². The van der Waals surface area contributed by atoms with Crippen molar-refractivity contribution in [2.45, 2.75) is 121 Å². The molecule has 0 radical (unpaired) electrons. The maximum atomic E-state index is 13.2. The lowest BCUT2D eigenvalue weighted by molar-refractivity contribution is -0.154. The molecule has 7 nitrogen and oxygen atoms in total. The Bertz CT molecular complexity index is 860. The highest BCUT2D eigenvalue weighted by molar-refractivity contribution is 5.95. The lowest BCUT2D eigenvalue weighted by atomic mass is 9.46. The van der Waals surface area contributed by atoms with Gasteiger partial charge in [-0.3, -0.25) is 4.79 Å². The topological polar surface area (TPSA) is 138 Å². The molecule has 0 heterocycles. The fourth-order valence-corrected chi connectivity index (χ4v) is 8.09. The summed E-state index contributed by atoms with van der Waals surface area (Å²) in [5, 5.41) is 64.5. The van der Waals surface area contributed by atoms with E-state index in [0.29, 0.717) is 25.7 Å². The van der Waals surface area contributed by atoms with E-state index in [0.717, 1.165) is 18.4 Å². The van der Waals surface area contributed by atoms with E-state index >= 15 is 0 Å². The molecule has 0 spiro atoms. The third-order valence-corrected chi connectivity index (χ3v) is 10.4. The average Bonchev–Trinajstić information content (AvgIpc) is 2.94. The number of aliphatic hydroxyl groups is 6. The van der Waals surface area contributed by atoms with Gasteiger partial charge in [-0.1, -0.05) is 13.8 Å². The Morgan fingerprint density at radius 2 is 1.71 bits per heavy atom. The Morgan fingerprint density at radius 3 is 2.32 bits per heavy atom. The van der Waals surface area contributed by atoms with Crippen molar-refractivity contribution in [3.8, 4) is 0 Å². The minimum Gasteiger partial charge on any atom is -0.390 e. The normalized spacial score (nSPS) is 47.2. The molecule has 4 aliphatic rings. The van der Waals surface area contributed by atoms with Crippen LogP contribution in [0.3, 0.4) is 0 Å². The molecule has 0 amide bonds. The van der Waals surface area contributed by atoms with E-state index in [2.05, 4.69) is 6.92 Å². The smallest absolute Gasteiger partial charge is 0.159 e. The fraction of sp³-hybridized carbons (Fsp3) is 0.889. The van der Waals surface area contributed by atoms with Gasteiger partial charge in [0.05, 0.1) is 35.1 Å². The Kier molecular flexibility index (Phi) is 6.24. The molecule has 3 saturated carbocycles. The molecule has 7 heteroatoms. The summed E-state index contributed by atoms with van der Waals surface area (Å²) in [6.45, 7) is 8.81. The van der Waals surface area contributed by atoms with Gasteiger partial charge in [-0.2, -0.15) is 0 Å². The quantitative estimate of drug-likeness (QED) is 0.353. The Hall–Kier alpha value is -0.830. The zero-order chi connectivity index (χ0) is 25.5. The van der Waals surface area contributed by atoms with Crippen LogP contribution in [0.5, 0.6) is 0 Å². The van der Waals surface area contributed by atoms with Crippen molar-refractivity contribution in [2.24, 2.45) is 28.6 Å². The largest absolute Gasteiger partial charge is 0.390 e. The number of carbonyl (C=O) groups is 1. The van der Waals surface area contributed by atoms with Crippen LogP contribution in [-0.4, -0.2) is 71.5 Å². The molecular formula is C27H44O7. The Balaban J connectivity index is 1.62. The molecule has 0 aromatic heterocycles. The number of hydrogen-bond acceptors (Lipinski definition) is 7. The number of fused-ring (bicyclic) bond motifs is 5. The number of carbonyl (C=O) groups excluding carboxylic acids is 1. The summed E-state index contributed by atoms with van der Waals surface area (Å²) < 4.78 is 0. The van der Waals surface area contributed by atoms with Gasteiger partial charge in [0.15, 0.2) is 5.78 Å². The zero-order valence-corrected chi connectivity index (χ0v) is 21.3. The fourth-order valence-electron chi connectivity index (χ4n) is 8.09. The Labute approximate surface area is 202 Å². The molecule has 0 aliphatic heterocycles. The highest BCUT2D eigenvalue weighted by Crippen LogP contribution is 2.67. The molecule has 34 heavy (non-hydrogen) atoms. The van der Waals surface area contributed by atoms with Crippen molar-refractivity contribution >= 4 is 5.78 Å². The molecule has 0 unspecified atom stereocenters. The standard InChI is InChI=1S/C27H44O7/c1-23(2,32)22(31)14-24(3,33)12-15-6-9-27(34)17-10-19(28)18-11-20(29)21(30)13-25(18,4)16(17)7-8-26(15,27)5/h10,15-16,18,20-22,29-34H,6-9,11-14H2,1-5H3/t15-,16+,18-,20+,21-,22+,24+,25+,26+,27+/m0/s1. The van der Waals surface area contributed by atoms with Crippen LogP contribution in [0.1, 0.15) is 86.0 Å². The number of allylic oxidation sites excluding steroid dienone is 1. The lowest BCUT2D eigenvalue weighted by Crippen LogP contribution is -2.60. The lowest BCUT2D eigenvalue weighted by Gasteiger charge is -2.60. The summed E-state index contributed by atoms with van der Waals surface area (Å²) in [5.41, 5.74) is -3.97. The predicted octanol–water partition coefficient (Wildman–Crippen LogP) is 1.85. The monoisotopic (exact) mass is 480 g/mol. The predicted molar refractivity (Wildman–Crippen MR) is 127 cm³/mol. The average molecular weight is 481 g/mol. The maximum Gasteiger partial charge on any atom is 0.159 e. The van der Waals surface area contributed by atoms with Crippen molar-refractivity contribution in [1.82, 2.24) is 0 Å². The second-order valence-corrected chi connectivity index (χ2v) is 13.3. The minimum atomic E-state index is -1.32. The maximum absolute atomic E-state index is 13.2. The van der Waals surface area contributed by atoms with Gasteiger partial charge in [0.2, 0.25) is 0 Å². The van der Waals surface area contributed by atoms with Gasteiger partial charge in [-0.05, 0) is 94.6 Å². The molecule has 0 aromatic carbocycles. The molecule has 4 aliphatic carbocycles. The highest BCUT2D eigenvalue weighted by atomic mass is 16.3. The van der Waals surface area contributed by atoms with Gasteiger partial charge in [0.1, 0.15) is 0 Å². The summed E-state index contributed by atoms with van der Waals surface area (Å²) in [7, 11) is 0. The Morgan fingerprint density at radius 1 is 1.06 bits per heavy atom. The summed E-state index contributed by atoms with van der Waals surface area (Å²) in [6, 6.07) is 0. The molecule has 4 rings (SSSR count).